The van der Waals surface area contributed by atoms with Crippen LogP contribution < -0.4 is 5.73 Å². The summed E-state index contributed by atoms with van der Waals surface area (Å²) >= 11 is 0. The van der Waals surface area contributed by atoms with Crippen molar-refractivity contribution in [2.45, 2.75) is 31.8 Å². The quantitative estimate of drug-likeness (QED) is 0.762. The molecule has 2 aliphatic rings. The number of morpholine rings is 1. The van der Waals surface area contributed by atoms with E-state index >= 15 is 0 Å². The van der Waals surface area contributed by atoms with Crippen LogP contribution in [-0.4, -0.2) is 56.0 Å². The minimum Gasteiger partial charge on any atom is -0.381 e. The van der Waals surface area contributed by atoms with E-state index in [9.17, 15) is 0 Å². The third-order valence-electron chi connectivity index (χ3n) is 3.82. The van der Waals surface area contributed by atoms with Crippen molar-refractivity contribution in [1.82, 2.24) is 4.90 Å². The Morgan fingerprint density at radius 3 is 2.81 bits per heavy atom. The third kappa shape index (κ3) is 2.74. The fourth-order valence-corrected chi connectivity index (χ4v) is 2.52. The Morgan fingerprint density at radius 1 is 1.38 bits per heavy atom. The van der Waals surface area contributed by atoms with E-state index in [0.717, 1.165) is 45.9 Å². The van der Waals surface area contributed by atoms with E-state index in [2.05, 4.69) is 18.7 Å². The second-order valence-corrected chi connectivity index (χ2v) is 5.60. The van der Waals surface area contributed by atoms with Gasteiger partial charge in [0.2, 0.25) is 0 Å². The monoisotopic (exact) mass is 228 g/mol. The molecule has 0 saturated carbocycles. The second-order valence-electron chi connectivity index (χ2n) is 5.60. The Kier molecular flexibility index (Phi) is 3.85. The van der Waals surface area contributed by atoms with E-state index in [1.165, 1.54) is 0 Å². The number of hydrogen-bond donors (Lipinski definition) is 1. The van der Waals surface area contributed by atoms with Gasteiger partial charge < -0.3 is 15.2 Å². The number of hydrogen-bond acceptors (Lipinski definition) is 4. The van der Waals surface area contributed by atoms with Crippen LogP contribution in [0.3, 0.4) is 0 Å². The zero-order valence-electron chi connectivity index (χ0n) is 10.4. The van der Waals surface area contributed by atoms with Crippen LogP contribution in [0, 0.1) is 5.92 Å². The first-order chi connectivity index (χ1) is 7.59. The predicted octanol–water partition coefficient (Wildman–Crippen LogP) is 0.461. The first-order valence-corrected chi connectivity index (χ1v) is 6.26. The molecule has 2 N–H and O–H groups in total. The highest BCUT2D eigenvalue weighted by Gasteiger charge is 2.33. The van der Waals surface area contributed by atoms with Crippen LogP contribution in [0.5, 0.6) is 0 Å². The molecule has 0 spiro atoms. The van der Waals surface area contributed by atoms with Gasteiger partial charge in [0.25, 0.3) is 0 Å². The Balaban J connectivity index is 1.87. The molecule has 2 saturated heterocycles. The summed E-state index contributed by atoms with van der Waals surface area (Å²) in [6.45, 7) is 9.77. The largest absolute Gasteiger partial charge is 0.381 e. The standard InChI is InChI=1S/C12H24N2O2/c1-12(2)9-16-6-4-14(12)7-11(13)10-3-5-15-8-10/h10-11H,3-9,13H2,1-2H3. The molecule has 0 aliphatic carbocycles. The Morgan fingerprint density at radius 2 is 2.19 bits per heavy atom. The van der Waals surface area contributed by atoms with E-state index in [-0.39, 0.29) is 11.6 Å². The van der Waals surface area contributed by atoms with Gasteiger partial charge in [0, 0.05) is 37.2 Å². The number of rotatable bonds is 3. The van der Waals surface area contributed by atoms with Gasteiger partial charge in [-0.1, -0.05) is 0 Å². The fourth-order valence-electron chi connectivity index (χ4n) is 2.52. The Labute approximate surface area is 98.1 Å². The van der Waals surface area contributed by atoms with Crippen molar-refractivity contribution in [2.24, 2.45) is 11.7 Å². The van der Waals surface area contributed by atoms with Crippen LogP contribution >= 0.6 is 0 Å². The van der Waals surface area contributed by atoms with Crippen LogP contribution in [0.15, 0.2) is 0 Å². The molecule has 0 amide bonds. The summed E-state index contributed by atoms with van der Waals surface area (Å²) in [5.74, 6) is 0.540. The highest BCUT2D eigenvalue weighted by atomic mass is 16.5. The molecule has 16 heavy (non-hydrogen) atoms. The molecule has 0 aromatic carbocycles. The molecule has 2 fully saturated rings. The lowest BCUT2D eigenvalue weighted by Gasteiger charge is -2.43. The van der Waals surface area contributed by atoms with Crippen molar-refractivity contribution in [2.75, 3.05) is 39.5 Å². The first-order valence-electron chi connectivity index (χ1n) is 6.26. The molecule has 2 heterocycles. The SMILES string of the molecule is CC1(C)COCCN1CC(N)C1CCOC1. The predicted molar refractivity (Wildman–Crippen MR) is 63.4 cm³/mol. The third-order valence-corrected chi connectivity index (χ3v) is 3.82. The van der Waals surface area contributed by atoms with Crippen molar-refractivity contribution in [3.8, 4) is 0 Å². The highest BCUT2D eigenvalue weighted by molar-refractivity contribution is 4.88. The van der Waals surface area contributed by atoms with Crippen molar-refractivity contribution in [3.05, 3.63) is 0 Å². The molecular weight excluding hydrogens is 204 g/mol. The maximum Gasteiger partial charge on any atom is 0.0645 e. The van der Waals surface area contributed by atoms with Gasteiger partial charge in [-0.2, -0.15) is 0 Å². The van der Waals surface area contributed by atoms with Crippen LogP contribution in [0.25, 0.3) is 0 Å². The summed E-state index contributed by atoms with van der Waals surface area (Å²) in [7, 11) is 0. The van der Waals surface area contributed by atoms with Gasteiger partial charge >= 0.3 is 0 Å². The van der Waals surface area contributed by atoms with Gasteiger partial charge in [0.1, 0.15) is 0 Å². The van der Waals surface area contributed by atoms with Gasteiger partial charge in [-0.15, -0.1) is 0 Å². The summed E-state index contributed by atoms with van der Waals surface area (Å²) in [5.41, 5.74) is 6.39. The van der Waals surface area contributed by atoms with E-state index in [1.807, 2.05) is 0 Å². The zero-order valence-corrected chi connectivity index (χ0v) is 10.4. The average Bonchev–Trinajstić information content (AvgIpc) is 2.74. The Hall–Kier alpha value is -0.160. The molecule has 2 aliphatic heterocycles. The summed E-state index contributed by atoms with van der Waals surface area (Å²) in [6.07, 6.45) is 1.12. The average molecular weight is 228 g/mol. The minimum absolute atomic E-state index is 0.120. The van der Waals surface area contributed by atoms with Gasteiger partial charge in [-0.3, -0.25) is 4.90 Å². The van der Waals surface area contributed by atoms with Crippen molar-refractivity contribution < 1.29 is 9.47 Å². The van der Waals surface area contributed by atoms with Gasteiger partial charge in [0.05, 0.1) is 19.8 Å². The molecule has 2 atom stereocenters. The van der Waals surface area contributed by atoms with Crippen molar-refractivity contribution in [3.63, 3.8) is 0 Å². The van der Waals surface area contributed by atoms with E-state index in [0.29, 0.717) is 5.92 Å². The van der Waals surface area contributed by atoms with Crippen LogP contribution in [0.4, 0.5) is 0 Å². The fraction of sp³-hybridized carbons (Fsp3) is 1.00. The van der Waals surface area contributed by atoms with Gasteiger partial charge in [-0.05, 0) is 20.3 Å². The molecule has 0 radical (unpaired) electrons. The summed E-state index contributed by atoms with van der Waals surface area (Å²) in [4.78, 5) is 2.46. The lowest BCUT2D eigenvalue weighted by molar-refractivity contribution is -0.0551. The van der Waals surface area contributed by atoms with E-state index < -0.39 is 0 Å². The summed E-state index contributed by atoms with van der Waals surface area (Å²) < 4.78 is 10.9. The maximum absolute atomic E-state index is 6.27. The molecule has 0 aromatic heterocycles. The molecule has 4 nitrogen and oxygen atoms in total. The molecule has 94 valence electrons. The molecular formula is C12H24N2O2. The second kappa shape index (κ2) is 5.00. The summed E-state index contributed by atoms with van der Waals surface area (Å²) in [6, 6.07) is 0.236. The van der Waals surface area contributed by atoms with E-state index in [4.69, 9.17) is 15.2 Å². The number of ether oxygens (including phenoxy) is 2. The molecule has 0 aromatic rings. The molecule has 4 heteroatoms. The summed E-state index contributed by atoms with van der Waals surface area (Å²) in [5, 5.41) is 0. The molecule has 0 bridgehead atoms. The van der Waals surface area contributed by atoms with Crippen LogP contribution in [0.2, 0.25) is 0 Å². The smallest absolute Gasteiger partial charge is 0.0645 e. The lowest BCUT2D eigenvalue weighted by atomic mass is 9.96. The maximum atomic E-state index is 6.27. The molecule has 2 unspecified atom stereocenters. The van der Waals surface area contributed by atoms with Crippen LogP contribution in [0.1, 0.15) is 20.3 Å². The zero-order chi connectivity index (χ0) is 11.6. The van der Waals surface area contributed by atoms with Gasteiger partial charge in [0.15, 0.2) is 0 Å². The number of nitrogens with zero attached hydrogens (tertiary/aromatic N) is 1. The van der Waals surface area contributed by atoms with Crippen molar-refractivity contribution in [1.29, 1.82) is 0 Å². The lowest BCUT2D eigenvalue weighted by Crippen LogP contribution is -2.57. The number of nitrogens with two attached hydrogens (primary N) is 1. The highest BCUT2D eigenvalue weighted by Crippen LogP contribution is 2.22. The topological polar surface area (TPSA) is 47.7 Å². The Bertz CT molecular complexity index is 227. The minimum atomic E-state index is 0.120. The molecule has 2 rings (SSSR count). The van der Waals surface area contributed by atoms with E-state index in [1.54, 1.807) is 0 Å². The van der Waals surface area contributed by atoms with Crippen LogP contribution in [-0.2, 0) is 9.47 Å². The first kappa shape index (κ1) is 12.3. The normalized spacial score (nSPS) is 32.8. The van der Waals surface area contributed by atoms with Gasteiger partial charge in [-0.25, -0.2) is 0 Å². The van der Waals surface area contributed by atoms with Crippen molar-refractivity contribution >= 4 is 0 Å².